The monoisotopic (exact) mass is 476 g/mol. The van der Waals surface area contributed by atoms with E-state index in [0.29, 0.717) is 6.54 Å². The van der Waals surface area contributed by atoms with Gasteiger partial charge >= 0.3 is 0 Å². The van der Waals surface area contributed by atoms with E-state index in [2.05, 4.69) is 83.9 Å². The molecule has 0 saturated heterocycles. The molecule has 0 amide bonds. The fourth-order valence-electron chi connectivity index (χ4n) is 3.39. The van der Waals surface area contributed by atoms with Crippen molar-refractivity contribution in [2.45, 2.75) is 51.3 Å². The minimum Gasteiger partial charge on any atom is -0.483 e. The van der Waals surface area contributed by atoms with Crippen LogP contribution >= 0.6 is 23.1 Å². The van der Waals surface area contributed by atoms with Crippen molar-refractivity contribution in [3.05, 3.63) is 88.7 Å². The molecule has 4 rings (SSSR count). The molecular weight excluding hydrogens is 448 g/mol. The lowest BCUT2D eigenvalue weighted by molar-refractivity contribution is 0.210. The Morgan fingerprint density at radius 1 is 1.09 bits per heavy atom. The van der Waals surface area contributed by atoms with Crippen molar-refractivity contribution in [3.63, 3.8) is 0 Å². The number of rotatable bonds is 9. The Morgan fingerprint density at radius 3 is 2.61 bits per heavy atom. The highest BCUT2D eigenvalue weighted by molar-refractivity contribution is 7.98. The van der Waals surface area contributed by atoms with Gasteiger partial charge in [-0.15, -0.1) is 28.1 Å². The van der Waals surface area contributed by atoms with Crippen LogP contribution in [0.5, 0.6) is 5.75 Å². The molecule has 1 atom stereocenters. The number of nitrogens with zero attached hydrogens (tertiary/aromatic N) is 4. The average Bonchev–Trinajstić information content (AvgIpc) is 3.43. The lowest BCUT2D eigenvalue weighted by Crippen LogP contribution is -2.12. The summed E-state index contributed by atoms with van der Waals surface area (Å²) >= 11 is 3.30. The van der Waals surface area contributed by atoms with E-state index in [4.69, 9.17) is 9.72 Å². The van der Waals surface area contributed by atoms with Gasteiger partial charge in [-0.2, -0.15) is 0 Å². The van der Waals surface area contributed by atoms with Crippen LogP contribution in [0.3, 0.4) is 0 Å². The Kier molecular flexibility index (Phi) is 7.30. The third kappa shape index (κ3) is 5.54. The lowest BCUT2D eigenvalue weighted by Gasteiger charge is -2.16. The van der Waals surface area contributed by atoms with Gasteiger partial charge in [-0.05, 0) is 51.0 Å². The summed E-state index contributed by atoms with van der Waals surface area (Å²) < 4.78 is 8.25. The maximum absolute atomic E-state index is 6.18. The second kappa shape index (κ2) is 10.4. The van der Waals surface area contributed by atoms with Crippen molar-refractivity contribution < 1.29 is 4.74 Å². The fourth-order valence-corrected chi connectivity index (χ4v) is 5.17. The minimum atomic E-state index is -0.235. The number of hydrogen-bond acceptors (Lipinski definition) is 6. The largest absolute Gasteiger partial charge is 0.483 e. The first kappa shape index (κ1) is 23.3. The number of aromatic nitrogens is 4. The highest BCUT2D eigenvalue weighted by Crippen LogP contribution is 2.30. The second-order valence-corrected chi connectivity index (χ2v) is 9.85. The van der Waals surface area contributed by atoms with Crippen molar-refractivity contribution in [2.75, 3.05) is 0 Å². The Balaban J connectivity index is 1.47. The van der Waals surface area contributed by atoms with E-state index < -0.39 is 0 Å². The third-order valence-corrected chi connectivity index (χ3v) is 7.35. The number of allylic oxidation sites excluding steroid dienone is 1. The summed E-state index contributed by atoms with van der Waals surface area (Å²) in [5, 5.41) is 12.9. The number of benzene rings is 2. The van der Waals surface area contributed by atoms with E-state index in [1.54, 1.807) is 23.1 Å². The van der Waals surface area contributed by atoms with E-state index in [9.17, 15) is 0 Å². The summed E-state index contributed by atoms with van der Waals surface area (Å²) in [6.45, 7) is 12.8. The van der Waals surface area contributed by atoms with Gasteiger partial charge in [0, 0.05) is 23.2 Å². The molecule has 0 aliphatic rings. The average molecular weight is 477 g/mol. The molecule has 33 heavy (non-hydrogen) atoms. The van der Waals surface area contributed by atoms with Gasteiger partial charge in [0.15, 0.2) is 17.1 Å². The first-order valence-corrected chi connectivity index (χ1v) is 12.7. The third-order valence-electron chi connectivity index (χ3n) is 5.41. The summed E-state index contributed by atoms with van der Waals surface area (Å²) in [5.74, 6) is 2.35. The van der Waals surface area contributed by atoms with Gasteiger partial charge in [0.2, 0.25) is 0 Å². The number of hydrogen-bond donors (Lipinski definition) is 0. The summed E-state index contributed by atoms with van der Waals surface area (Å²) in [6.07, 6.45) is 1.62. The van der Waals surface area contributed by atoms with E-state index in [1.165, 1.54) is 16.7 Å². The standard InChI is InChI=1S/C26H28N4OS2/c1-6-13-30-24(20(5)31-23-12-9-18(3)19(4)14-23)28-29-26(30)33-16-22-15-32-25(27-22)21-10-7-17(2)8-11-21/h6-12,14-15,20H,1,13,16H2,2-5H3. The van der Waals surface area contributed by atoms with Crippen LogP contribution in [-0.4, -0.2) is 19.7 Å². The maximum atomic E-state index is 6.18. The topological polar surface area (TPSA) is 52.8 Å². The van der Waals surface area contributed by atoms with Crippen LogP contribution in [0.15, 0.2) is 65.7 Å². The summed E-state index contributed by atoms with van der Waals surface area (Å²) in [5.41, 5.74) is 5.89. The van der Waals surface area contributed by atoms with Crippen LogP contribution < -0.4 is 4.74 Å². The highest BCUT2D eigenvalue weighted by atomic mass is 32.2. The van der Waals surface area contributed by atoms with Gasteiger partial charge in [0.05, 0.1) is 5.69 Å². The summed E-state index contributed by atoms with van der Waals surface area (Å²) in [4.78, 5) is 4.81. The molecule has 0 fully saturated rings. The Hall–Kier alpha value is -2.90. The molecule has 0 N–H and O–H groups in total. The lowest BCUT2D eigenvalue weighted by atomic mass is 10.1. The molecule has 4 aromatic rings. The van der Waals surface area contributed by atoms with Gasteiger partial charge in [-0.1, -0.05) is 53.7 Å². The fraction of sp³-hybridized carbons (Fsp3) is 0.269. The molecule has 1 unspecified atom stereocenters. The zero-order valence-corrected chi connectivity index (χ0v) is 21.0. The van der Waals surface area contributed by atoms with Crippen molar-refractivity contribution in [2.24, 2.45) is 0 Å². The van der Waals surface area contributed by atoms with Crippen LogP contribution in [-0.2, 0) is 12.3 Å². The molecule has 0 saturated carbocycles. The first-order chi connectivity index (χ1) is 15.9. The highest BCUT2D eigenvalue weighted by Gasteiger charge is 2.19. The molecule has 0 spiro atoms. The number of ether oxygens (including phenoxy) is 1. The van der Waals surface area contributed by atoms with Gasteiger partial charge < -0.3 is 4.74 Å². The van der Waals surface area contributed by atoms with Gasteiger partial charge in [0.1, 0.15) is 10.8 Å². The van der Waals surface area contributed by atoms with Crippen molar-refractivity contribution in [1.29, 1.82) is 0 Å². The molecule has 0 bridgehead atoms. The Labute approximate surface area is 203 Å². The van der Waals surface area contributed by atoms with E-state index in [0.717, 1.165) is 38.7 Å². The van der Waals surface area contributed by atoms with Crippen molar-refractivity contribution in [1.82, 2.24) is 19.7 Å². The van der Waals surface area contributed by atoms with E-state index in [-0.39, 0.29) is 6.10 Å². The molecule has 0 aliphatic carbocycles. The van der Waals surface area contributed by atoms with E-state index >= 15 is 0 Å². The normalized spacial score (nSPS) is 12.0. The number of thiazole rings is 1. The van der Waals surface area contributed by atoms with Crippen LogP contribution in [0.2, 0.25) is 0 Å². The molecule has 0 radical (unpaired) electrons. The molecule has 2 aromatic heterocycles. The molecule has 2 aromatic carbocycles. The minimum absolute atomic E-state index is 0.235. The summed E-state index contributed by atoms with van der Waals surface area (Å²) in [6, 6.07) is 14.6. The predicted octanol–water partition coefficient (Wildman–Crippen LogP) is 6.95. The van der Waals surface area contributed by atoms with E-state index in [1.807, 2.05) is 19.1 Å². The Morgan fingerprint density at radius 2 is 1.88 bits per heavy atom. The predicted molar refractivity (Wildman–Crippen MR) is 137 cm³/mol. The SMILES string of the molecule is C=CCn1c(SCc2csc(-c3ccc(C)cc3)n2)nnc1C(C)Oc1ccc(C)c(C)c1. The maximum Gasteiger partial charge on any atom is 0.192 e. The Bertz CT molecular complexity index is 1240. The smallest absolute Gasteiger partial charge is 0.192 e. The second-order valence-electron chi connectivity index (χ2n) is 8.04. The van der Waals surface area contributed by atoms with Gasteiger partial charge in [0.25, 0.3) is 0 Å². The van der Waals surface area contributed by atoms with Gasteiger partial charge in [-0.3, -0.25) is 4.57 Å². The quantitative estimate of drug-likeness (QED) is 0.193. The van der Waals surface area contributed by atoms with Crippen LogP contribution in [0.1, 0.15) is 41.2 Å². The van der Waals surface area contributed by atoms with Crippen molar-refractivity contribution >= 4 is 23.1 Å². The van der Waals surface area contributed by atoms with Crippen molar-refractivity contribution in [3.8, 4) is 16.3 Å². The molecule has 5 nitrogen and oxygen atoms in total. The zero-order chi connectivity index (χ0) is 23.4. The summed E-state index contributed by atoms with van der Waals surface area (Å²) in [7, 11) is 0. The molecule has 170 valence electrons. The van der Waals surface area contributed by atoms with Crippen LogP contribution in [0, 0.1) is 20.8 Å². The molecule has 0 aliphatic heterocycles. The molecular formula is C26H28N4OS2. The van der Waals surface area contributed by atoms with Crippen LogP contribution in [0.4, 0.5) is 0 Å². The number of aryl methyl sites for hydroxylation is 3. The molecule has 7 heteroatoms. The zero-order valence-electron chi connectivity index (χ0n) is 19.4. The molecule has 2 heterocycles. The van der Waals surface area contributed by atoms with Crippen LogP contribution in [0.25, 0.3) is 10.6 Å². The van der Waals surface area contributed by atoms with Gasteiger partial charge in [-0.25, -0.2) is 4.98 Å². The number of thioether (sulfide) groups is 1. The first-order valence-electron chi connectivity index (χ1n) is 10.9.